The number of carbonyl (C=O) groups excluding carboxylic acids is 4. The Kier molecular flexibility index (Phi) is 13.9. The molecular formula is C34H48FN5O7S. The molecule has 0 bridgehead atoms. The maximum Gasteiger partial charge on any atom is 0.245 e. The van der Waals surface area contributed by atoms with E-state index in [2.05, 4.69) is 16.0 Å². The summed E-state index contributed by atoms with van der Waals surface area (Å²) in [5.74, 6) is -2.02. The van der Waals surface area contributed by atoms with E-state index in [0.717, 1.165) is 11.6 Å². The smallest absolute Gasteiger partial charge is 0.245 e. The number of sulfonamides is 1. The molecule has 1 heterocycles. The third kappa shape index (κ3) is 10.5. The highest BCUT2D eigenvalue weighted by atomic mass is 32.2. The van der Waals surface area contributed by atoms with Crippen LogP contribution >= 0.6 is 0 Å². The number of aryl methyl sites for hydroxylation is 1. The van der Waals surface area contributed by atoms with Gasteiger partial charge in [0.2, 0.25) is 33.7 Å². The van der Waals surface area contributed by atoms with E-state index in [9.17, 15) is 32.0 Å². The summed E-state index contributed by atoms with van der Waals surface area (Å²) in [5.41, 5.74) is 1.12. The van der Waals surface area contributed by atoms with E-state index in [-0.39, 0.29) is 62.6 Å². The highest BCUT2D eigenvalue weighted by Crippen LogP contribution is 2.22. The average molecular weight is 690 g/mol. The number of halogens is 1. The van der Waals surface area contributed by atoms with Crippen LogP contribution in [-0.2, 0) is 35.6 Å². The number of nitrogens with one attached hydrogen (secondary N) is 3. The van der Waals surface area contributed by atoms with Crippen molar-refractivity contribution < 1.29 is 36.7 Å². The van der Waals surface area contributed by atoms with E-state index >= 15 is 0 Å². The maximum absolute atomic E-state index is 14.1. The molecule has 4 amide bonds. The van der Waals surface area contributed by atoms with E-state index < -0.39 is 57.6 Å². The van der Waals surface area contributed by atoms with E-state index in [0.29, 0.717) is 11.3 Å². The van der Waals surface area contributed by atoms with Crippen molar-refractivity contribution in [2.24, 2.45) is 5.92 Å². The molecule has 48 heavy (non-hydrogen) atoms. The quantitative estimate of drug-likeness (QED) is 0.404. The van der Waals surface area contributed by atoms with Gasteiger partial charge in [-0.3, -0.25) is 19.2 Å². The number of rotatable bonds is 7. The van der Waals surface area contributed by atoms with Gasteiger partial charge in [0.05, 0.1) is 12.0 Å². The molecule has 3 rings (SSSR count). The van der Waals surface area contributed by atoms with Gasteiger partial charge in [-0.25, -0.2) is 12.8 Å². The molecule has 3 atom stereocenters. The van der Waals surface area contributed by atoms with Gasteiger partial charge in [0.15, 0.2) is 0 Å². The number of amides is 4. The van der Waals surface area contributed by atoms with Crippen LogP contribution in [-0.4, -0.2) is 93.2 Å². The molecule has 0 aromatic heterocycles. The van der Waals surface area contributed by atoms with Crippen molar-refractivity contribution in [2.45, 2.75) is 82.8 Å². The predicted molar refractivity (Wildman–Crippen MR) is 179 cm³/mol. The van der Waals surface area contributed by atoms with Crippen molar-refractivity contribution in [3.05, 3.63) is 59.4 Å². The van der Waals surface area contributed by atoms with Crippen LogP contribution in [0.15, 0.2) is 47.4 Å². The first kappa shape index (κ1) is 38.4. The number of benzene rings is 2. The van der Waals surface area contributed by atoms with Crippen LogP contribution < -0.4 is 20.7 Å². The molecule has 2 aromatic carbocycles. The zero-order chi connectivity index (χ0) is 35.6. The second kappa shape index (κ2) is 17.4. The first-order valence-electron chi connectivity index (χ1n) is 16.2. The van der Waals surface area contributed by atoms with Crippen molar-refractivity contribution in [3.8, 4) is 5.75 Å². The van der Waals surface area contributed by atoms with E-state index in [1.165, 1.54) is 28.4 Å². The minimum absolute atomic E-state index is 0.00828. The lowest BCUT2D eigenvalue weighted by Crippen LogP contribution is -2.57. The van der Waals surface area contributed by atoms with Crippen molar-refractivity contribution in [3.63, 3.8) is 0 Å². The Bertz CT molecular complexity index is 1550. The first-order valence-corrected chi connectivity index (χ1v) is 17.6. The fourth-order valence-corrected chi connectivity index (χ4v) is 7.18. The second-order valence-corrected chi connectivity index (χ2v) is 14.5. The molecule has 3 N–H and O–H groups in total. The molecular weight excluding hydrogens is 641 g/mol. The van der Waals surface area contributed by atoms with Crippen molar-refractivity contribution in [1.29, 1.82) is 0 Å². The number of hydrogen-bond acceptors (Lipinski definition) is 7. The molecule has 12 nitrogen and oxygen atoms in total. The number of hydrogen-bond donors (Lipinski definition) is 3. The lowest BCUT2D eigenvalue weighted by molar-refractivity contribution is -0.141. The SMILES string of the molecule is COc1ccc(C[C@@H]2NC(=O)[C@@H](CC(C)C)NC(=O)CCCN(S(=O)(=O)c3cc(F)ccc3C)CCCNC(=O)[C@H](C)N(C)C2=O)cc1. The Morgan fingerprint density at radius 1 is 0.958 bits per heavy atom. The van der Waals surface area contributed by atoms with Gasteiger partial charge in [0.25, 0.3) is 0 Å². The summed E-state index contributed by atoms with van der Waals surface area (Å²) in [6.07, 6.45) is 0.686. The molecule has 2 aromatic rings. The normalized spacial score (nSPS) is 21.6. The third-order valence-corrected chi connectivity index (χ3v) is 10.4. The average Bonchev–Trinajstić information content (AvgIpc) is 3.04. The largest absolute Gasteiger partial charge is 0.497 e. The standard InChI is InChI=1S/C34H48FN5O7S/c1-22(2)19-28-33(43)38-29(20-25-11-14-27(47-6)15-12-25)34(44)39(5)24(4)32(42)36-16-8-18-40(17-7-9-31(41)37-28)48(45,46)30-21-26(35)13-10-23(30)3/h10-15,21-22,24,28-29H,7-9,16-20H2,1-6H3,(H,36,42)(H,37,41)(H,38,43)/t24-,28+,29-/m0/s1. The number of methoxy groups -OCH3 is 1. The van der Waals surface area contributed by atoms with Gasteiger partial charge in [-0.1, -0.05) is 32.0 Å². The minimum Gasteiger partial charge on any atom is -0.497 e. The summed E-state index contributed by atoms with van der Waals surface area (Å²) in [7, 11) is -1.13. The summed E-state index contributed by atoms with van der Waals surface area (Å²) in [4.78, 5) is 54.8. The highest BCUT2D eigenvalue weighted by molar-refractivity contribution is 7.89. The van der Waals surface area contributed by atoms with Gasteiger partial charge in [-0.2, -0.15) is 4.31 Å². The number of nitrogens with zero attached hydrogens (tertiary/aromatic N) is 2. The van der Waals surface area contributed by atoms with Crippen LogP contribution in [0.4, 0.5) is 4.39 Å². The summed E-state index contributed by atoms with van der Waals surface area (Å²) >= 11 is 0. The van der Waals surface area contributed by atoms with Gasteiger partial charge in [-0.15, -0.1) is 0 Å². The van der Waals surface area contributed by atoms with Crippen LogP contribution in [0.2, 0.25) is 0 Å². The van der Waals surface area contributed by atoms with Crippen molar-refractivity contribution in [2.75, 3.05) is 33.8 Å². The maximum atomic E-state index is 14.1. The fourth-order valence-electron chi connectivity index (χ4n) is 5.43. The monoisotopic (exact) mass is 689 g/mol. The van der Waals surface area contributed by atoms with Crippen LogP contribution in [0, 0.1) is 18.7 Å². The van der Waals surface area contributed by atoms with E-state index in [1.54, 1.807) is 45.2 Å². The zero-order valence-corrected chi connectivity index (χ0v) is 29.4. The lowest BCUT2D eigenvalue weighted by atomic mass is 10.00. The number of likely N-dealkylation sites (N-methyl/N-ethyl adjacent to an activating group) is 1. The number of carbonyl (C=O) groups is 4. The molecule has 0 radical (unpaired) electrons. The predicted octanol–water partition coefficient (Wildman–Crippen LogP) is 2.54. The molecule has 1 aliphatic heterocycles. The first-order chi connectivity index (χ1) is 22.6. The summed E-state index contributed by atoms with van der Waals surface area (Å²) < 4.78 is 47.8. The van der Waals surface area contributed by atoms with Crippen molar-refractivity contribution in [1.82, 2.24) is 25.2 Å². The molecule has 0 spiro atoms. The van der Waals surface area contributed by atoms with E-state index in [4.69, 9.17) is 4.74 Å². The molecule has 14 heteroatoms. The van der Waals surface area contributed by atoms with E-state index in [1.807, 2.05) is 13.8 Å². The highest BCUT2D eigenvalue weighted by Gasteiger charge is 2.33. The van der Waals surface area contributed by atoms with Gasteiger partial charge in [0.1, 0.15) is 29.7 Å². The molecule has 0 saturated carbocycles. The Hall–Kier alpha value is -4.04. The van der Waals surface area contributed by atoms with Crippen LogP contribution in [0.25, 0.3) is 0 Å². The molecule has 1 fully saturated rings. The van der Waals surface area contributed by atoms with Gasteiger partial charge >= 0.3 is 0 Å². The summed E-state index contributed by atoms with van der Waals surface area (Å²) in [6.45, 7) is 6.98. The van der Waals surface area contributed by atoms with Gasteiger partial charge in [0, 0.05) is 39.5 Å². The molecule has 0 aliphatic carbocycles. The molecule has 0 unspecified atom stereocenters. The second-order valence-electron chi connectivity index (χ2n) is 12.6. The van der Waals surface area contributed by atoms with Crippen molar-refractivity contribution >= 4 is 33.7 Å². The minimum atomic E-state index is -4.15. The molecule has 1 aliphatic rings. The van der Waals surface area contributed by atoms with Gasteiger partial charge < -0.3 is 25.6 Å². The molecule has 264 valence electrons. The summed E-state index contributed by atoms with van der Waals surface area (Å²) in [6, 6.07) is 7.67. The van der Waals surface area contributed by atoms with Gasteiger partial charge in [-0.05, 0) is 74.4 Å². The fraction of sp³-hybridized carbons (Fsp3) is 0.529. The van der Waals surface area contributed by atoms with Crippen LogP contribution in [0.3, 0.4) is 0 Å². The van der Waals surface area contributed by atoms with Crippen LogP contribution in [0.1, 0.15) is 57.6 Å². The lowest BCUT2D eigenvalue weighted by Gasteiger charge is -2.30. The number of ether oxygens (including phenoxy) is 1. The third-order valence-electron chi connectivity index (χ3n) is 8.34. The molecule has 1 saturated heterocycles. The Morgan fingerprint density at radius 3 is 2.27 bits per heavy atom. The zero-order valence-electron chi connectivity index (χ0n) is 28.5. The topological polar surface area (TPSA) is 154 Å². The Balaban J connectivity index is 1.91. The van der Waals surface area contributed by atoms with Crippen LogP contribution in [0.5, 0.6) is 5.75 Å². The summed E-state index contributed by atoms with van der Waals surface area (Å²) in [5, 5.41) is 8.35. The Morgan fingerprint density at radius 2 is 1.62 bits per heavy atom. The Labute approximate surface area is 282 Å².